The van der Waals surface area contributed by atoms with Crippen LogP contribution in [-0.2, 0) is 11.2 Å². The summed E-state index contributed by atoms with van der Waals surface area (Å²) in [5, 5.41) is 17.0. The predicted octanol–water partition coefficient (Wildman–Crippen LogP) is 4.86. The Hall–Kier alpha value is -2.65. The molecule has 1 aliphatic carbocycles. The maximum absolute atomic E-state index is 15.1. The molecule has 2 aromatic rings. The predicted molar refractivity (Wildman–Crippen MR) is 134 cm³/mol. The van der Waals surface area contributed by atoms with E-state index in [-0.39, 0.29) is 30.2 Å². The molecule has 1 aromatic heterocycles. The monoisotopic (exact) mass is 519 g/mol. The Morgan fingerprint density at radius 3 is 2.65 bits per heavy atom. The molecule has 4 atom stereocenters. The fourth-order valence-corrected chi connectivity index (χ4v) is 5.14. The topological polar surface area (TPSA) is 83.5 Å². The van der Waals surface area contributed by atoms with Gasteiger partial charge in [0.25, 0.3) is 0 Å². The molecule has 0 saturated heterocycles. The summed E-state index contributed by atoms with van der Waals surface area (Å²) in [4.78, 5) is 16.3. The summed E-state index contributed by atoms with van der Waals surface area (Å²) in [5.41, 5.74) is 0.307. The third kappa shape index (κ3) is 6.09. The summed E-state index contributed by atoms with van der Waals surface area (Å²) < 4.78 is 49.4. The second-order valence-electron chi connectivity index (χ2n) is 11.5. The Kier molecular flexibility index (Phi) is 7.85. The number of aliphatic hydroxyl groups excluding tert-OH is 1. The summed E-state index contributed by atoms with van der Waals surface area (Å²) in [6.07, 6.45) is 2.57. The smallest absolute Gasteiger partial charge is 0.218 e. The average molecular weight is 520 g/mol. The molecule has 6 nitrogen and oxygen atoms in total. The third-order valence-corrected chi connectivity index (χ3v) is 7.38. The maximum Gasteiger partial charge on any atom is 0.218 e. The van der Waals surface area contributed by atoms with E-state index in [9.17, 15) is 18.7 Å². The second kappa shape index (κ2) is 10.6. The molecule has 1 saturated carbocycles. The number of ether oxygens (including phenoxy) is 1. The number of aromatic nitrogens is 1. The van der Waals surface area contributed by atoms with E-state index in [4.69, 9.17) is 4.74 Å². The number of fused-ring (bicyclic) bond motifs is 1. The highest BCUT2D eigenvalue weighted by Crippen LogP contribution is 2.49. The molecule has 2 aliphatic rings. The minimum Gasteiger partial charge on any atom is -0.471 e. The van der Waals surface area contributed by atoms with E-state index < -0.39 is 41.3 Å². The number of nitrogens with zero attached hydrogens (tertiary/aromatic N) is 1. The molecule has 4 rings (SSSR count). The highest BCUT2D eigenvalue weighted by Gasteiger charge is 2.46. The fourth-order valence-electron chi connectivity index (χ4n) is 5.14. The molecule has 2 heterocycles. The van der Waals surface area contributed by atoms with Crippen LogP contribution in [0.2, 0.25) is 0 Å². The van der Waals surface area contributed by atoms with Crippen molar-refractivity contribution < 1.29 is 27.8 Å². The molecule has 202 valence electrons. The summed E-state index contributed by atoms with van der Waals surface area (Å²) in [6, 6.07) is 4.51. The number of carbonyl (C=O) groups excluding carboxylic acids is 1. The van der Waals surface area contributed by atoms with Crippen LogP contribution in [0.1, 0.15) is 82.3 Å². The molecule has 0 unspecified atom stereocenters. The highest BCUT2D eigenvalue weighted by atomic mass is 19.2. The van der Waals surface area contributed by atoms with Crippen molar-refractivity contribution in [2.75, 3.05) is 6.54 Å². The van der Waals surface area contributed by atoms with Gasteiger partial charge in [-0.25, -0.2) is 18.2 Å². The van der Waals surface area contributed by atoms with Gasteiger partial charge in [-0.15, -0.1) is 0 Å². The van der Waals surface area contributed by atoms with E-state index in [1.807, 2.05) is 20.8 Å². The number of hydrogen-bond donors (Lipinski definition) is 3. The lowest BCUT2D eigenvalue weighted by Crippen LogP contribution is -2.52. The maximum atomic E-state index is 15.1. The molecule has 1 aromatic carbocycles. The van der Waals surface area contributed by atoms with Crippen LogP contribution < -0.4 is 15.4 Å². The van der Waals surface area contributed by atoms with Gasteiger partial charge >= 0.3 is 0 Å². The van der Waals surface area contributed by atoms with Crippen molar-refractivity contribution in [3.63, 3.8) is 0 Å². The first-order chi connectivity index (χ1) is 17.4. The first-order valence-corrected chi connectivity index (χ1v) is 12.8. The van der Waals surface area contributed by atoms with Gasteiger partial charge in [0.05, 0.1) is 12.1 Å². The van der Waals surface area contributed by atoms with E-state index in [0.717, 1.165) is 30.9 Å². The molecule has 0 radical (unpaired) electrons. The molecule has 1 fully saturated rings. The van der Waals surface area contributed by atoms with Crippen molar-refractivity contribution in [1.82, 2.24) is 15.6 Å². The minimum atomic E-state index is -1.22. The van der Waals surface area contributed by atoms with Gasteiger partial charge in [-0.1, -0.05) is 32.9 Å². The van der Waals surface area contributed by atoms with Gasteiger partial charge in [-0.3, -0.25) is 4.79 Å². The van der Waals surface area contributed by atoms with Gasteiger partial charge in [0.2, 0.25) is 11.8 Å². The summed E-state index contributed by atoms with van der Waals surface area (Å²) in [6.45, 7) is 6.84. The minimum absolute atomic E-state index is 0.0601. The van der Waals surface area contributed by atoms with E-state index in [1.165, 1.54) is 25.3 Å². The van der Waals surface area contributed by atoms with E-state index in [2.05, 4.69) is 15.6 Å². The van der Waals surface area contributed by atoms with Crippen LogP contribution in [0.25, 0.3) is 0 Å². The zero-order valence-electron chi connectivity index (χ0n) is 21.8. The van der Waals surface area contributed by atoms with Crippen molar-refractivity contribution in [2.24, 2.45) is 5.41 Å². The van der Waals surface area contributed by atoms with Crippen molar-refractivity contribution in [2.45, 2.75) is 89.8 Å². The molecule has 0 bridgehead atoms. The number of halogens is 3. The molecule has 1 aliphatic heterocycles. The zero-order chi connectivity index (χ0) is 27.0. The Morgan fingerprint density at radius 2 is 2.03 bits per heavy atom. The van der Waals surface area contributed by atoms with E-state index in [1.54, 1.807) is 6.07 Å². The van der Waals surface area contributed by atoms with Crippen molar-refractivity contribution in [3.05, 3.63) is 58.8 Å². The molecule has 9 heteroatoms. The van der Waals surface area contributed by atoms with Crippen LogP contribution in [0.4, 0.5) is 13.2 Å². The zero-order valence-corrected chi connectivity index (χ0v) is 21.8. The summed E-state index contributed by atoms with van der Waals surface area (Å²) >= 11 is 0. The summed E-state index contributed by atoms with van der Waals surface area (Å²) in [5.74, 6) is -1.92. The fraction of sp³-hybridized carbons (Fsp3) is 0.571. The van der Waals surface area contributed by atoms with Gasteiger partial charge in [0.1, 0.15) is 11.8 Å². The SMILES string of the molecule is CC(=O)N[C@@H](Cc1cccc(F)c1F)[C@@H](O)CN[C@H]1CC2(CCC2)Oc2ncc([C@H](F)C(C)(C)C)cc21. The molecular weight excluding hydrogens is 483 g/mol. The van der Waals surface area contributed by atoms with Crippen LogP contribution in [0, 0.1) is 17.0 Å². The number of alkyl halides is 1. The number of rotatable bonds is 8. The van der Waals surface area contributed by atoms with Gasteiger partial charge in [0.15, 0.2) is 11.6 Å². The average Bonchev–Trinajstić information content (AvgIpc) is 2.81. The molecule has 37 heavy (non-hydrogen) atoms. The Labute approximate surface area is 216 Å². The normalized spacial score (nSPS) is 20.8. The number of amides is 1. The quantitative estimate of drug-likeness (QED) is 0.464. The summed E-state index contributed by atoms with van der Waals surface area (Å²) in [7, 11) is 0. The number of carbonyl (C=O) groups is 1. The lowest BCUT2D eigenvalue weighted by molar-refractivity contribution is -0.120. The number of pyridine rings is 1. The molecule has 1 amide bonds. The van der Waals surface area contributed by atoms with Crippen molar-refractivity contribution in [3.8, 4) is 5.88 Å². The third-order valence-electron chi connectivity index (χ3n) is 7.38. The van der Waals surface area contributed by atoms with Crippen LogP contribution in [0.3, 0.4) is 0 Å². The lowest BCUT2D eigenvalue weighted by Gasteiger charge is -2.47. The Balaban J connectivity index is 1.54. The molecule has 3 N–H and O–H groups in total. The molecule has 1 spiro atoms. The lowest BCUT2D eigenvalue weighted by atomic mass is 9.73. The van der Waals surface area contributed by atoms with E-state index >= 15 is 4.39 Å². The number of hydrogen-bond acceptors (Lipinski definition) is 5. The standard InChI is InChI=1S/C28H36F3N3O3/c1-16(35)34-21(12-17-7-5-8-20(29)24(17)30)23(36)15-32-22-13-28(9-6-10-28)37-26-19(22)11-18(14-33-26)25(31)27(2,3)4/h5,7-8,11,14,21-23,25,32,36H,6,9-10,12-13,15H2,1-4H3,(H,34,35)/t21-,22-,23-,25-/m0/s1. The number of aliphatic hydroxyl groups is 1. The first kappa shape index (κ1) is 27.4. The van der Waals surface area contributed by atoms with Crippen molar-refractivity contribution in [1.29, 1.82) is 0 Å². The molecular formula is C28H36F3N3O3. The van der Waals surface area contributed by atoms with E-state index in [0.29, 0.717) is 17.9 Å². The van der Waals surface area contributed by atoms with Gasteiger partial charge in [-0.2, -0.15) is 0 Å². The van der Waals surface area contributed by atoms with Crippen LogP contribution in [0.15, 0.2) is 30.5 Å². The van der Waals surface area contributed by atoms with Crippen LogP contribution in [0.5, 0.6) is 5.88 Å². The van der Waals surface area contributed by atoms with Gasteiger partial charge in [0, 0.05) is 43.3 Å². The highest BCUT2D eigenvalue weighted by molar-refractivity contribution is 5.73. The second-order valence-corrected chi connectivity index (χ2v) is 11.5. The first-order valence-electron chi connectivity index (χ1n) is 12.8. The number of benzene rings is 1. The largest absolute Gasteiger partial charge is 0.471 e. The Morgan fingerprint density at radius 1 is 1.30 bits per heavy atom. The number of nitrogens with one attached hydrogen (secondary N) is 2. The van der Waals surface area contributed by atoms with Crippen LogP contribution in [-0.4, -0.2) is 40.3 Å². The van der Waals surface area contributed by atoms with Gasteiger partial charge in [-0.05, 0) is 48.8 Å². The van der Waals surface area contributed by atoms with Crippen molar-refractivity contribution >= 4 is 5.91 Å². The van der Waals surface area contributed by atoms with Crippen LogP contribution >= 0.6 is 0 Å². The van der Waals surface area contributed by atoms with Gasteiger partial charge < -0.3 is 20.5 Å². The Bertz CT molecular complexity index is 1130.